The van der Waals surface area contributed by atoms with E-state index in [2.05, 4.69) is 5.32 Å². The summed E-state index contributed by atoms with van der Waals surface area (Å²) >= 11 is 5.94. The number of halogens is 1. The van der Waals surface area contributed by atoms with Crippen molar-refractivity contribution in [3.63, 3.8) is 0 Å². The van der Waals surface area contributed by atoms with Crippen LogP contribution in [0.3, 0.4) is 0 Å². The van der Waals surface area contributed by atoms with Crippen LogP contribution >= 0.6 is 11.6 Å². The first-order valence-electron chi connectivity index (χ1n) is 5.41. The van der Waals surface area contributed by atoms with E-state index >= 15 is 0 Å². The van der Waals surface area contributed by atoms with Gasteiger partial charge in [-0.2, -0.15) is 0 Å². The van der Waals surface area contributed by atoms with Gasteiger partial charge in [0.2, 0.25) is 0 Å². The van der Waals surface area contributed by atoms with Crippen molar-refractivity contribution in [1.82, 2.24) is 5.32 Å². The molecular weight excluding hydrogens is 226 g/mol. The molecule has 0 aliphatic rings. The van der Waals surface area contributed by atoms with Crippen LogP contribution < -0.4 is 10.1 Å². The minimum Gasteiger partial charge on any atom is -0.491 e. The predicted octanol–water partition coefficient (Wildman–Crippen LogP) is 2.34. The van der Waals surface area contributed by atoms with Crippen molar-refractivity contribution in [1.29, 1.82) is 0 Å². The van der Waals surface area contributed by atoms with Gasteiger partial charge in [-0.05, 0) is 25.1 Å². The van der Waals surface area contributed by atoms with Crippen molar-refractivity contribution < 1.29 is 9.47 Å². The summed E-state index contributed by atoms with van der Waals surface area (Å²) in [6, 6.07) is 7.49. The van der Waals surface area contributed by atoms with Crippen LogP contribution in [-0.2, 0) is 4.74 Å². The standard InChI is InChI=1S/C12H18ClNO2/c1-15-9-4-7-14-8-10-16-12-6-3-2-5-11(12)13/h2-3,5-6,14H,4,7-10H2,1H3. The number of hydrogen-bond acceptors (Lipinski definition) is 3. The van der Waals surface area contributed by atoms with E-state index in [1.165, 1.54) is 0 Å². The Morgan fingerprint density at radius 1 is 1.19 bits per heavy atom. The average molecular weight is 244 g/mol. The fraction of sp³-hybridized carbons (Fsp3) is 0.500. The SMILES string of the molecule is COCCCNCCOc1ccccc1Cl. The average Bonchev–Trinajstić information content (AvgIpc) is 2.30. The van der Waals surface area contributed by atoms with Gasteiger partial charge in [-0.25, -0.2) is 0 Å². The van der Waals surface area contributed by atoms with Crippen LogP contribution in [0.15, 0.2) is 24.3 Å². The van der Waals surface area contributed by atoms with E-state index in [1.54, 1.807) is 7.11 Å². The molecule has 0 aliphatic carbocycles. The van der Waals surface area contributed by atoms with Crippen molar-refractivity contribution in [3.05, 3.63) is 29.3 Å². The first-order chi connectivity index (χ1) is 7.84. The number of ether oxygens (including phenoxy) is 2. The van der Waals surface area contributed by atoms with Gasteiger partial charge in [0.15, 0.2) is 0 Å². The molecule has 0 aliphatic heterocycles. The summed E-state index contributed by atoms with van der Waals surface area (Å²) in [6.45, 7) is 3.17. The highest BCUT2D eigenvalue weighted by Crippen LogP contribution is 2.22. The Morgan fingerprint density at radius 2 is 2.00 bits per heavy atom. The molecule has 0 spiro atoms. The van der Waals surface area contributed by atoms with Gasteiger partial charge in [0.25, 0.3) is 0 Å². The third-order valence-corrected chi connectivity index (χ3v) is 2.39. The Hall–Kier alpha value is -0.770. The van der Waals surface area contributed by atoms with Crippen LogP contribution in [0.4, 0.5) is 0 Å². The summed E-state index contributed by atoms with van der Waals surface area (Å²) in [7, 11) is 1.71. The largest absolute Gasteiger partial charge is 0.491 e. The molecule has 90 valence electrons. The molecule has 16 heavy (non-hydrogen) atoms. The number of nitrogens with one attached hydrogen (secondary N) is 1. The van der Waals surface area contributed by atoms with E-state index in [-0.39, 0.29) is 0 Å². The molecule has 3 nitrogen and oxygen atoms in total. The zero-order chi connectivity index (χ0) is 11.6. The van der Waals surface area contributed by atoms with Gasteiger partial charge >= 0.3 is 0 Å². The summed E-state index contributed by atoms with van der Waals surface area (Å²) in [5.41, 5.74) is 0. The lowest BCUT2D eigenvalue weighted by atomic mass is 10.3. The Labute approximate surface area is 102 Å². The lowest BCUT2D eigenvalue weighted by Gasteiger charge is -2.08. The van der Waals surface area contributed by atoms with Gasteiger partial charge in [0.1, 0.15) is 12.4 Å². The molecule has 0 aromatic heterocycles. The van der Waals surface area contributed by atoms with E-state index < -0.39 is 0 Å². The predicted molar refractivity (Wildman–Crippen MR) is 66.3 cm³/mol. The maximum absolute atomic E-state index is 5.94. The minimum atomic E-state index is 0.622. The molecule has 0 heterocycles. The van der Waals surface area contributed by atoms with Crippen molar-refractivity contribution in [2.24, 2.45) is 0 Å². The van der Waals surface area contributed by atoms with Crippen LogP contribution in [0.2, 0.25) is 5.02 Å². The third-order valence-electron chi connectivity index (χ3n) is 2.08. The second-order valence-corrected chi connectivity index (χ2v) is 3.78. The highest BCUT2D eigenvalue weighted by molar-refractivity contribution is 6.32. The van der Waals surface area contributed by atoms with E-state index in [4.69, 9.17) is 21.1 Å². The van der Waals surface area contributed by atoms with Crippen molar-refractivity contribution in [3.8, 4) is 5.75 Å². The lowest BCUT2D eigenvalue weighted by molar-refractivity contribution is 0.193. The Bertz CT molecular complexity index is 294. The van der Waals surface area contributed by atoms with Gasteiger partial charge in [-0.3, -0.25) is 0 Å². The number of rotatable bonds is 8. The second kappa shape index (κ2) is 8.39. The molecule has 0 amide bonds. The molecular formula is C12H18ClNO2. The van der Waals surface area contributed by atoms with Crippen LogP contribution in [0.5, 0.6) is 5.75 Å². The van der Waals surface area contributed by atoms with E-state index in [0.717, 1.165) is 31.9 Å². The van der Waals surface area contributed by atoms with Gasteiger partial charge in [0, 0.05) is 20.3 Å². The molecule has 4 heteroatoms. The highest BCUT2D eigenvalue weighted by Gasteiger charge is 1.98. The molecule has 0 saturated carbocycles. The number of benzene rings is 1. The van der Waals surface area contributed by atoms with E-state index in [0.29, 0.717) is 11.6 Å². The number of para-hydroxylation sites is 1. The highest BCUT2D eigenvalue weighted by atomic mass is 35.5. The van der Waals surface area contributed by atoms with E-state index in [9.17, 15) is 0 Å². The normalized spacial score (nSPS) is 10.4. The van der Waals surface area contributed by atoms with Crippen LogP contribution in [0, 0.1) is 0 Å². The molecule has 1 aromatic rings. The maximum atomic E-state index is 5.94. The molecule has 0 atom stereocenters. The topological polar surface area (TPSA) is 30.5 Å². The fourth-order valence-electron chi connectivity index (χ4n) is 1.26. The summed E-state index contributed by atoms with van der Waals surface area (Å²) in [4.78, 5) is 0. The summed E-state index contributed by atoms with van der Waals surface area (Å²) in [5, 5.41) is 3.92. The second-order valence-electron chi connectivity index (χ2n) is 3.38. The van der Waals surface area contributed by atoms with Gasteiger partial charge in [-0.1, -0.05) is 23.7 Å². The first-order valence-corrected chi connectivity index (χ1v) is 5.79. The number of methoxy groups -OCH3 is 1. The summed E-state index contributed by atoms with van der Waals surface area (Å²) in [5.74, 6) is 0.739. The van der Waals surface area contributed by atoms with Gasteiger partial charge in [-0.15, -0.1) is 0 Å². The van der Waals surface area contributed by atoms with Crippen molar-refractivity contribution in [2.75, 3.05) is 33.4 Å². The van der Waals surface area contributed by atoms with Crippen LogP contribution in [0.25, 0.3) is 0 Å². The molecule has 1 rings (SSSR count). The molecule has 1 aromatic carbocycles. The number of hydrogen-bond donors (Lipinski definition) is 1. The zero-order valence-corrected chi connectivity index (χ0v) is 10.3. The van der Waals surface area contributed by atoms with Gasteiger partial charge < -0.3 is 14.8 Å². The molecule has 0 saturated heterocycles. The van der Waals surface area contributed by atoms with E-state index in [1.807, 2.05) is 24.3 Å². The molecule has 0 fully saturated rings. The molecule has 0 bridgehead atoms. The summed E-state index contributed by atoms with van der Waals surface area (Å²) < 4.78 is 10.5. The Balaban J connectivity index is 2.05. The molecule has 1 N–H and O–H groups in total. The minimum absolute atomic E-state index is 0.622. The monoisotopic (exact) mass is 243 g/mol. The van der Waals surface area contributed by atoms with Crippen molar-refractivity contribution in [2.45, 2.75) is 6.42 Å². The quantitative estimate of drug-likeness (QED) is 0.711. The fourth-order valence-corrected chi connectivity index (χ4v) is 1.45. The zero-order valence-electron chi connectivity index (χ0n) is 9.54. The van der Waals surface area contributed by atoms with Gasteiger partial charge in [0.05, 0.1) is 5.02 Å². The molecule has 0 radical (unpaired) electrons. The Morgan fingerprint density at radius 3 is 2.75 bits per heavy atom. The summed E-state index contributed by atoms with van der Waals surface area (Å²) in [6.07, 6.45) is 1.02. The first kappa shape index (κ1) is 13.3. The third kappa shape index (κ3) is 5.35. The van der Waals surface area contributed by atoms with Crippen LogP contribution in [-0.4, -0.2) is 33.4 Å². The maximum Gasteiger partial charge on any atom is 0.137 e. The lowest BCUT2D eigenvalue weighted by Crippen LogP contribution is -2.22. The van der Waals surface area contributed by atoms with Crippen molar-refractivity contribution >= 4 is 11.6 Å². The Kier molecular flexibility index (Phi) is 6.97. The van der Waals surface area contributed by atoms with Crippen LogP contribution in [0.1, 0.15) is 6.42 Å². The molecule has 0 unspecified atom stereocenters. The smallest absolute Gasteiger partial charge is 0.137 e.